The molecular weight excluding hydrogens is 351 g/mol. The van der Waals surface area contributed by atoms with Crippen LogP contribution < -0.4 is 0 Å². The number of hydrogen-bond donors (Lipinski definition) is 0. The van der Waals surface area contributed by atoms with Crippen molar-refractivity contribution in [2.24, 2.45) is 0 Å². The normalized spacial score (nSPS) is 15.7. The molecule has 0 saturated heterocycles. The lowest BCUT2D eigenvalue weighted by atomic mass is 9.73. The summed E-state index contributed by atoms with van der Waals surface area (Å²) in [6.45, 7) is 5.49. The third-order valence-corrected chi connectivity index (χ3v) is 4.74. The van der Waals surface area contributed by atoms with Crippen LogP contribution in [0.5, 0.6) is 0 Å². The molecule has 0 N–H and O–H groups in total. The lowest BCUT2D eigenvalue weighted by Crippen LogP contribution is -2.64. The molecule has 0 spiro atoms. The van der Waals surface area contributed by atoms with E-state index in [4.69, 9.17) is 4.74 Å². The molecule has 26 heavy (non-hydrogen) atoms. The lowest BCUT2D eigenvalue weighted by molar-refractivity contribution is -0.320. The first-order valence-corrected chi connectivity index (χ1v) is 9.12. The third-order valence-electron chi connectivity index (χ3n) is 4.74. The monoisotopic (exact) mass is 380 g/mol. The molecule has 1 aromatic carbocycles. The summed E-state index contributed by atoms with van der Waals surface area (Å²) in [7, 11) is 0. The van der Waals surface area contributed by atoms with Crippen LogP contribution in [0, 0.1) is 0 Å². The van der Waals surface area contributed by atoms with Crippen LogP contribution in [-0.4, -0.2) is 24.1 Å². The van der Waals surface area contributed by atoms with E-state index < -0.39 is 35.1 Å². The molecule has 1 aromatic rings. The zero-order chi connectivity index (χ0) is 20.1. The average Bonchev–Trinajstić information content (AvgIpc) is 2.58. The second-order valence-corrected chi connectivity index (χ2v) is 7.06. The molecule has 1 unspecified atom stereocenters. The quantitative estimate of drug-likeness (QED) is 0.299. The molecule has 0 heterocycles. The maximum atomic E-state index is 16.0. The van der Waals surface area contributed by atoms with Crippen molar-refractivity contribution in [1.82, 2.24) is 0 Å². The number of hydrogen-bond acceptors (Lipinski definition) is 1. The minimum absolute atomic E-state index is 0.0797. The minimum atomic E-state index is -4.94. The van der Waals surface area contributed by atoms with Crippen LogP contribution >= 0.6 is 0 Å². The average molecular weight is 380 g/mol. The van der Waals surface area contributed by atoms with Crippen molar-refractivity contribution in [1.29, 1.82) is 0 Å². The molecule has 0 amide bonds. The Hall–Kier alpha value is -1.17. The minimum Gasteiger partial charge on any atom is -0.372 e. The van der Waals surface area contributed by atoms with Crippen molar-refractivity contribution in [3.8, 4) is 0 Å². The first kappa shape index (κ1) is 22.9. The van der Waals surface area contributed by atoms with Gasteiger partial charge in [-0.25, -0.2) is 4.39 Å². The Balaban J connectivity index is 3.36. The number of benzene rings is 1. The van der Waals surface area contributed by atoms with Crippen LogP contribution in [0.2, 0.25) is 0 Å². The van der Waals surface area contributed by atoms with E-state index >= 15 is 13.2 Å². The first-order chi connectivity index (χ1) is 12.0. The Morgan fingerprint density at radius 1 is 0.846 bits per heavy atom. The Bertz CT molecular complexity index is 544. The van der Waals surface area contributed by atoms with Crippen molar-refractivity contribution < 1.29 is 26.7 Å². The maximum absolute atomic E-state index is 16.0. The highest BCUT2D eigenvalue weighted by Crippen LogP contribution is 2.57. The van der Waals surface area contributed by atoms with Gasteiger partial charge in [0, 0.05) is 13.0 Å². The summed E-state index contributed by atoms with van der Waals surface area (Å²) in [4.78, 5) is 0. The van der Waals surface area contributed by atoms with E-state index in [2.05, 4.69) is 0 Å². The van der Waals surface area contributed by atoms with Gasteiger partial charge in [0.05, 0.1) is 0 Å². The number of rotatable bonds is 11. The van der Waals surface area contributed by atoms with Gasteiger partial charge in [0.15, 0.2) is 0 Å². The van der Waals surface area contributed by atoms with E-state index in [0.29, 0.717) is 12.8 Å². The molecule has 0 aliphatic carbocycles. The lowest BCUT2D eigenvalue weighted by Gasteiger charge is -2.47. The van der Waals surface area contributed by atoms with Crippen LogP contribution in [0.4, 0.5) is 22.0 Å². The number of ether oxygens (including phenoxy) is 1. The third kappa shape index (κ3) is 4.21. The molecule has 6 heteroatoms. The predicted octanol–water partition coefficient (Wildman–Crippen LogP) is 6.91. The summed E-state index contributed by atoms with van der Waals surface area (Å²) in [6, 6.07) is 6.41. The van der Waals surface area contributed by atoms with Gasteiger partial charge in [-0.2, -0.15) is 17.6 Å². The second-order valence-electron chi connectivity index (χ2n) is 7.06. The molecule has 0 saturated carbocycles. The van der Waals surface area contributed by atoms with Crippen LogP contribution in [0.3, 0.4) is 0 Å². The van der Waals surface area contributed by atoms with Gasteiger partial charge in [0.1, 0.15) is 5.60 Å². The van der Waals surface area contributed by atoms with Crippen LogP contribution in [0.15, 0.2) is 30.3 Å². The standard InChI is InChI=1S/C20H29F5O/c1-5-7-8-12-15-18(21,22)20(24,25)19(23,17(3,4)26-6-2)16-13-10-9-11-14-16/h9-11,13-14H,5-8,12,15H2,1-4H3. The van der Waals surface area contributed by atoms with E-state index in [9.17, 15) is 8.78 Å². The first-order valence-electron chi connectivity index (χ1n) is 9.12. The largest absolute Gasteiger partial charge is 0.372 e. The molecule has 0 aliphatic heterocycles. The molecule has 0 radical (unpaired) electrons. The Kier molecular flexibility index (Phi) is 7.63. The number of halogens is 5. The zero-order valence-electron chi connectivity index (χ0n) is 15.9. The maximum Gasteiger partial charge on any atom is 0.350 e. The molecule has 150 valence electrons. The molecule has 1 nitrogen and oxygen atoms in total. The van der Waals surface area contributed by atoms with Crippen molar-refractivity contribution >= 4 is 0 Å². The molecule has 0 fully saturated rings. The zero-order valence-corrected chi connectivity index (χ0v) is 15.9. The highest BCUT2D eigenvalue weighted by Gasteiger charge is 2.75. The van der Waals surface area contributed by atoms with Gasteiger partial charge in [-0.15, -0.1) is 0 Å². The van der Waals surface area contributed by atoms with Gasteiger partial charge < -0.3 is 4.74 Å². The summed E-state index contributed by atoms with van der Waals surface area (Å²) in [5.41, 5.74) is -6.36. The second kappa shape index (κ2) is 8.68. The van der Waals surface area contributed by atoms with Crippen molar-refractivity contribution in [2.45, 2.75) is 82.9 Å². The molecular formula is C20H29F5O. The molecule has 1 rings (SSSR count). The van der Waals surface area contributed by atoms with Crippen LogP contribution in [0.1, 0.15) is 65.4 Å². The summed E-state index contributed by atoms with van der Waals surface area (Å²) >= 11 is 0. The van der Waals surface area contributed by atoms with Gasteiger partial charge in [0.2, 0.25) is 5.67 Å². The van der Waals surface area contributed by atoms with E-state index in [0.717, 1.165) is 32.4 Å². The van der Waals surface area contributed by atoms with Gasteiger partial charge in [-0.3, -0.25) is 0 Å². The summed E-state index contributed by atoms with van der Waals surface area (Å²) in [5, 5.41) is 0. The van der Waals surface area contributed by atoms with Gasteiger partial charge in [0.25, 0.3) is 0 Å². The number of unbranched alkanes of at least 4 members (excludes halogenated alkanes) is 3. The Morgan fingerprint density at radius 2 is 1.42 bits per heavy atom. The Morgan fingerprint density at radius 3 is 1.92 bits per heavy atom. The van der Waals surface area contributed by atoms with Crippen LogP contribution in [0.25, 0.3) is 0 Å². The van der Waals surface area contributed by atoms with Crippen LogP contribution in [-0.2, 0) is 10.4 Å². The van der Waals surface area contributed by atoms with E-state index in [1.807, 2.05) is 6.92 Å². The summed E-state index contributed by atoms with van der Waals surface area (Å²) in [6.07, 6.45) is 0.709. The fourth-order valence-electron chi connectivity index (χ4n) is 3.22. The van der Waals surface area contributed by atoms with Gasteiger partial charge in [-0.05, 0) is 32.8 Å². The van der Waals surface area contributed by atoms with Crippen molar-refractivity contribution in [3.63, 3.8) is 0 Å². The van der Waals surface area contributed by atoms with Gasteiger partial charge in [-0.1, -0.05) is 56.5 Å². The SMILES string of the molecule is CCCCCCC(F)(F)C(F)(F)C(F)(c1ccccc1)C(C)(C)OCC. The van der Waals surface area contributed by atoms with E-state index in [1.165, 1.54) is 25.1 Å². The fourth-order valence-corrected chi connectivity index (χ4v) is 3.22. The van der Waals surface area contributed by atoms with E-state index in [1.54, 1.807) is 0 Å². The highest BCUT2D eigenvalue weighted by atomic mass is 19.3. The van der Waals surface area contributed by atoms with Crippen molar-refractivity contribution in [2.75, 3.05) is 6.61 Å². The topological polar surface area (TPSA) is 9.23 Å². The van der Waals surface area contributed by atoms with E-state index in [-0.39, 0.29) is 13.0 Å². The molecule has 0 aliphatic rings. The number of alkyl halides is 5. The summed E-state index contributed by atoms with van der Waals surface area (Å²) < 4.78 is 80.4. The fraction of sp³-hybridized carbons (Fsp3) is 0.700. The molecule has 0 aromatic heterocycles. The molecule has 1 atom stereocenters. The highest BCUT2D eigenvalue weighted by molar-refractivity contribution is 5.31. The smallest absolute Gasteiger partial charge is 0.350 e. The Labute approximate surface area is 152 Å². The molecule has 0 bridgehead atoms. The predicted molar refractivity (Wildman–Crippen MR) is 93.6 cm³/mol. The summed E-state index contributed by atoms with van der Waals surface area (Å²) in [5.74, 6) is -9.44. The van der Waals surface area contributed by atoms with Gasteiger partial charge >= 0.3 is 11.8 Å². The van der Waals surface area contributed by atoms with Crippen molar-refractivity contribution in [3.05, 3.63) is 35.9 Å².